The fraction of sp³-hybridized carbons (Fsp3) is 0.500. The number of allylic oxidation sites excluding steroid dienone is 1. The third kappa shape index (κ3) is 4.71. The Morgan fingerprint density at radius 2 is 1.60 bits per heavy atom. The van der Waals surface area contributed by atoms with Gasteiger partial charge in [0.25, 0.3) is 0 Å². The minimum atomic E-state index is -2.13. The lowest BCUT2D eigenvalue weighted by atomic mass is 9.83. The fourth-order valence-electron chi connectivity index (χ4n) is 2.73. The number of halogens is 5. The van der Waals surface area contributed by atoms with E-state index in [1.165, 1.54) is 11.4 Å². The van der Waals surface area contributed by atoms with E-state index in [1.54, 1.807) is 7.11 Å². The van der Waals surface area contributed by atoms with Gasteiger partial charge in [-0.1, -0.05) is 23.5 Å². The number of hydrogen-bond donors (Lipinski definition) is 0. The van der Waals surface area contributed by atoms with E-state index in [4.69, 9.17) is 4.74 Å². The second-order valence-electron chi connectivity index (χ2n) is 5.87. The van der Waals surface area contributed by atoms with Gasteiger partial charge in [0.05, 0.1) is 11.0 Å². The molecule has 9 heteroatoms. The number of methoxy groups -OCH3 is 1. The molecule has 1 aromatic rings. The van der Waals surface area contributed by atoms with Crippen molar-refractivity contribution in [3.05, 3.63) is 41.2 Å². The molecule has 0 bridgehead atoms. The van der Waals surface area contributed by atoms with Gasteiger partial charge in [-0.15, -0.1) is 11.4 Å². The minimum absolute atomic E-state index is 0.0232. The molecule has 0 heterocycles. The van der Waals surface area contributed by atoms with E-state index in [0.717, 1.165) is 24.8 Å². The van der Waals surface area contributed by atoms with Crippen LogP contribution in [0.4, 0.5) is 22.0 Å². The van der Waals surface area contributed by atoms with Gasteiger partial charge in [-0.25, -0.2) is 22.0 Å². The van der Waals surface area contributed by atoms with Crippen LogP contribution in [0.15, 0.2) is 17.0 Å². The number of hydrogen-bond acceptors (Lipinski definition) is 3. The zero-order valence-corrected chi connectivity index (χ0v) is 16.3. The van der Waals surface area contributed by atoms with Crippen LogP contribution in [0, 0.1) is 35.0 Å². The quantitative estimate of drug-likeness (QED) is 0.173. The maximum Gasteiger partial charge on any atom is 0.200 e. The second-order valence-corrected chi connectivity index (χ2v) is 10.8. The van der Waals surface area contributed by atoms with Gasteiger partial charge in [-0.2, -0.15) is 0 Å². The van der Waals surface area contributed by atoms with Crippen LogP contribution in [-0.4, -0.2) is 18.5 Å². The summed E-state index contributed by atoms with van der Waals surface area (Å²) in [5.74, 6) is -9.12. The molecule has 1 fully saturated rings. The van der Waals surface area contributed by atoms with Crippen molar-refractivity contribution in [3.8, 4) is 0 Å². The van der Waals surface area contributed by atoms with Crippen molar-refractivity contribution < 1.29 is 26.7 Å². The van der Waals surface area contributed by atoms with Crippen LogP contribution in [0.5, 0.6) is 0 Å². The first-order valence-corrected chi connectivity index (χ1v) is 11.7. The average molecular weight is 416 g/mol. The summed E-state index contributed by atoms with van der Waals surface area (Å²) in [6, 6.07) is 0. The van der Waals surface area contributed by atoms with Crippen LogP contribution in [0.2, 0.25) is 0 Å². The summed E-state index contributed by atoms with van der Waals surface area (Å²) in [4.78, 5) is -0.827. The Hall–Kier alpha value is -0.300. The molecule has 1 nitrogen and oxygen atoms in total. The van der Waals surface area contributed by atoms with E-state index < -0.39 is 34.0 Å². The summed E-state index contributed by atoms with van der Waals surface area (Å²) in [7, 11) is 1.61. The lowest BCUT2D eigenvalue weighted by Gasteiger charge is -2.35. The topological polar surface area (TPSA) is 9.23 Å². The second kappa shape index (κ2) is 9.07. The largest absolute Gasteiger partial charge is 0.380 e. The predicted molar refractivity (Wildman–Crippen MR) is 94.7 cm³/mol. The lowest BCUT2D eigenvalue weighted by molar-refractivity contribution is 0.0629. The molecule has 0 spiro atoms. The molecule has 0 aromatic heterocycles. The van der Waals surface area contributed by atoms with Crippen LogP contribution >= 0.6 is 29.7 Å². The highest BCUT2D eigenvalue weighted by molar-refractivity contribution is 8.82. The molecule has 1 aromatic carbocycles. The van der Waals surface area contributed by atoms with Crippen LogP contribution in [-0.2, 0) is 4.74 Å². The van der Waals surface area contributed by atoms with Crippen molar-refractivity contribution in [2.45, 2.75) is 42.4 Å². The molecule has 4 atom stereocenters. The summed E-state index contributed by atoms with van der Waals surface area (Å²) in [5, 5.41) is 0.118. The van der Waals surface area contributed by atoms with Crippen molar-refractivity contribution in [2.75, 3.05) is 7.11 Å². The molecular weight excluding hydrogens is 398 g/mol. The van der Waals surface area contributed by atoms with E-state index in [-0.39, 0.29) is 18.3 Å². The maximum atomic E-state index is 13.7. The smallest absolute Gasteiger partial charge is 0.200 e. The highest BCUT2D eigenvalue weighted by Gasteiger charge is 2.32. The van der Waals surface area contributed by atoms with Crippen LogP contribution in [0.25, 0.3) is 0 Å². The first kappa shape index (κ1) is 21.0. The van der Waals surface area contributed by atoms with E-state index in [2.05, 4.69) is 6.58 Å². The van der Waals surface area contributed by atoms with E-state index in [1.807, 2.05) is 6.92 Å². The molecule has 140 valence electrons. The standard InChI is InChI=1S/C16H18F5OPS2/c1-7(2)8-4-5-10(9(6-8)22-3)24-23-25-16-14(20)12(18)11(17)13(19)15(16)21/h8-10,23H,1,4-6H2,2-3H3. The SMILES string of the molecule is C=C(C)C1CCC(SPSc2c(F)c(F)c(F)c(F)c2F)C(OC)C1. The normalized spacial score (nSPS) is 24.2. The lowest BCUT2D eigenvalue weighted by Crippen LogP contribution is -2.33. The van der Waals surface area contributed by atoms with Gasteiger partial charge in [0.2, 0.25) is 5.82 Å². The highest BCUT2D eigenvalue weighted by Crippen LogP contribution is 2.54. The molecule has 2 rings (SSSR count). The maximum absolute atomic E-state index is 13.7. The molecule has 0 N–H and O–H groups in total. The molecule has 0 amide bonds. The molecule has 1 saturated carbocycles. The van der Waals surface area contributed by atoms with Gasteiger partial charge >= 0.3 is 0 Å². The Labute approximate surface area is 153 Å². The van der Waals surface area contributed by atoms with Crippen molar-refractivity contribution in [2.24, 2.45) is 5.92 Å². The molecule has 25 heavy (non-hydrogen) atoms. The molecule has 1 aliphatic carbocycles. The van der Waals surface area contributed by atoms with Gasteiger partial charge < -0.3 is 4.74 Å². The van der Waals surface area contributed by atoms with E-state index in [0.29, 0.717) is 17.3 Å². The van der Waals surface area contributed by atoms with Gasteiger partial charge in [-0.05, 0) is 32.1 Å². The summed E-state index contributed by atoms with van der Waals surface area (Å²) in [5.41, 5.74) is 1.10. The summed E-state index contributed by atoms with van der Waals surface area (Å²) in [6.45, 7) is 5.84. The Balaban J connectivity index is 2.00. The fourth-order valence-corrected chi connectivity index (χ4v) is 8.38. The van der Waals surface area contributed by atoms with Crippen molar-refractivity contribution >= 4 is 29.7 Å². The van der Waals surface area contributed by atoms with Gasteiger partial charge in [-0.3, -0.25) is 0 Å². The van der Waals surface area contributed by atoms with Gasteiger partial charge in [0.1, 0.15) is 0 Å². The van der Waals surface area contributed by atoms with E-state index in [9.17, 15) is 22.0 Å². The molecule has 4 unspecified atom stereocenters. The number of rotatable bonds is 6. The Kier molecular flexibility index (Phi) is 7.62. The van der Waals surface area contributed by atoms with E-state index >= 15 is 0 Å². The van der Waals surface area contributed by atoms with Crippen LogP contribution in [0.3, 0.4) is 0 Å². The van der Waals surface area contributed by atoms with Gasteiger partial charge in [0, 0.05) is 19.3 Å². The third-order valence-corrected chi connectivity index (χ3v) is 9.50. The Bertz CT molecular complexity index is 629. The Morgan fingerprint density at radius 1 is 1.04 bits per heavy atom. The predicted octanol–water partition coefficient (Wildman–Crippen LogP) is 6.48. The highest BCUT2D eigenvalue weighted by atomic mass is 33.1. The summed E-state index contributed by atoms with van der Waals surface area (Å²) >= 11 is 2.08. The molecule has 0 saturated heterocycles. The number of ether oxygens (including phenoxy) is 1. The number of benzene rings is 1. The van der Waals surface area contributed by atoms with Crippen LogP contribution in [0.1, 0.15) is 26.2 Å². The Morgan fingerprint density at radius 3 is 2.12 bits per heavy atom. The minimum Gasteiger partial charge on any atom is -0.380 e. The monoisotopic (exact) mass is 416 g/mol. The molecule has 0 aliphatic heterocycles. The summed E-state index contributed by atoms with van der Waals surface area (Å²) in [6.07, 6.45) is 2.60. The first-order valence-electron chi connectivity index (χ1n) is 7.55. The van der Waals surface area contributed by atoms with Crippen molar-refractivity contribution in [1.82, 2.24) is 0 Å². The summed E-state index contributed by atoms with van der Waals surface area (Å²) < 4.78 is 72.3. The first-order chi connectivity index (χ1) is 11.8. The average Bonchev–Trinajstić information content (AvgIpc) is 2.61. The third-order valence-electron chi connectivity index (χ3n) is 4.24. The molecule has 0 radical (unpaired) electrons. The van der Waals surface area contributed by atoms with Crippen LogP contribution < -0.4 is 0 Å². The van der Waals surface area contributed by atoms with Crippen molar-refractivity contribution in [3.63, 3.8) is 0 Å². The molecular formula is C16H18F5OPS2. The zero-order valence-electron chi connectivity index (χ0n) is 13.7. The van der Waals surface area contributed by atoms with Gasteiger partial charge in [0.15, 0.2) is 23.3 Å². The molecule has 1 aliphatic rings. The zero-order chi connectivity index (χ0) is 18.7. The van der Waals surface area contributed by atoms with Crippen molar-refractivity contribution in [1.29, 1.82) is 0 Å².